The molecular weight excluding hydrogens is 542 g/mol. The molecule has 1 unspecified atom stereocenters. The van der Waals surface area contributed by atoms with E-state index in [1.165, 1.54) is 17.5 Å². The van der Waals surface area contributed by atoms with Crippen molar-refractivity contribution in [1.29, 1.82) is 0 Å². The zero-order chi connectivity index (χ0) is 29.7. The average molecular weight is 580 g/mol. The molecule has 1 aliphatic heterocycles. The minimum atomic E-state index is -0.675. The first kappa shape index (κ1) is 27.6. The molecule has 10 nitrogen and oxygen atoms in total. The maximum atomic E-state index is 6.45. The number of nitrogens with two attached hydrogens (primary N) is 1. The molecular formula is C33H37N7O3. The number of nitrogens with one attached hydrogen (secondary N) is 1. The lowest BCUT2D eigenvalue weighted by Gasteiger charge is -2.28. The van der Waals surface area contributed by atoms with Gasteiger partial charge < -0.3 is 29.8 Å². The highest BCUT2D eigenvalue weighted by atomic mass is 16.8. The van der Waals surface area contributed by atoms with Gasteiger partial charge in [0.05, 0.1) is 23.9 Å². The first-order valence-electron chi connectivity index (χ1n) is 14.7. The highest BCUT2D eigenvalue weighted by molar-refractivity contribution is 5.86. The monoisotopic (exact) mass is 579 g/mol. The fourth-order valence-electron chi connectivity index (χ4n) is 6.38. The van der Waals surface area contributed by atoms with Crippen LogP contribution < -0.4 is 26.4 Å². The van der Waals surface area contributed by atoms with Gasteiger partial charge in [0, 0.05) is 25.3 Å². The summed E-state index contributed by atoms with van der Waals surface area (Å²) in [6, 6.07) is 14.4. The SMILES string of the molecule is COc1ccc(CNc2ccc3c(n2)=CC(N(C)CC2=C[C@@H](n4ccc5c(N)ncnc54)[C@@H]4OC(C)(C)O[C@H]24)CC=3)cc1. The second kappa shape index (κ2) is 10.8. The van der Waals surface area contributed by atoms with Crippen LogP contribution in [0.15, 0.2) is 66.6 Å². The fraction of sp³-hybridized carbons (Fsp3) is 0.364. The molecule has 4 atom stereocenters. The zero-order valence-corrected chi connectivity index (χ0v) is 24.9. The Morgan fingerprint density at radius 3 is 2.74 bits per heavy atom. The molecule has 10 heteroatoms. The molecule has 43 heavy (non-hydrogen) atoms. The van der Waals surface area contributed by atoms with Gasteiger partial charge in [0.25, 0.3) is 0 Å². The smallest absolute Gasteiger partial charge is 0.164 e. The molecule has 3 N–H and O–H groups in total. The molecule has 4 aromatic rings. The predicted octanol–water partition coefficient (Wildman–Crippen LogP) is 3.00. The summed E-state index contributed by atoms with van der Waals surface area (Å²) in [5.41, 5.74) is 9.29. The molecule has 0 amide bonds. The summed E-state index contributed by atoms with van der Waals surface area (Å²) in [6.07, 6.45) is 11.0. The number of likely N-dealkylation sites (N-methyl/N-ethyl adjacent to an activating group) is 1. The van der Waals surface area contributed by atoms with E-state index in [0.717, 1.165) is 46.1 Å². The Hall–Kier alpha value is -4.25. The summed E-state index contributed by atoms with van der Waals surface area (Å²) >= 11 is 0. The van der Waals surface area contributed by atoms with Gasteiger partial charge in [-0.2, -0.15) is 0 Å². The van der Waals surface area contributed by atoms with Gasteiger partial charge in [0.2, 0.25) is 0 Å². The molecule has 1 saturated heterocycles. The number of ether oxygens (including phenoxy) is 3. The van der Waals surface area contributed by atoms with Crippen LogP contribution in [0.2, 0.25) is 0 Å². The van der Waals surface area contributed by atoms with Crippen LogP contribution in [-0.2, 0) is 16.0 Å². The molecule has 1 fully saturated rings. The summed E-state index contributed by atoms with van der Waals surface area (Å²) in [6.45, 7) is 5.39. The number of pyridine rings is 1. The van der Waals surface area contributed by atoms with E-state index in [2.05, 4.69) is 68.2 Å². The number of nitrogen functional groups attached to an aromatic ring is 1. The third-order valence-electron chi connectivity index (χ3n) is 8.59. The lowest BCUT2D eigenvalue weighted by atomic mass is 10.0. The Kier molecular flexibility index (Phi) is 6.92. The van der Waals surface area contributed by atoms with Crippen molar-refractivity contribution in [2.24, 2.45) is 0 Å². The lowest BCUT2D eigenvalue weighted by molar-refractivity contribution is -0.148. The molecule has 0 radical (unpaired) electrons. The second-order valence-electron chi connectivity index (χ2n) is 11.9. The summed E-state index contributed by atoms with van der Waals surface area (Å²) in [4.78, 5) is 16.0. The third-order valence-corrected chi connectivity index (χ3v) is 8.59. The van der Waals surface area contributed by atoms with Gasteiger partial charge in [0.15, 0.2) is 5.79 Å². The van der Waals surface area contributed by atoms with E-state index in [0.29, 0.717) is 12.4 Å². The van der Waals surface area contributed by atoms with Gasteiger partial charge in [-0.05, 0) is 80.1 Å². The molecule has 0 spiro atoms. The van der Waals surface area contributed by atoms with Crippen molar-refractivity contribution in [2.45, 2.75) is 56.9 Å². The molecule has 3 aromatic heterocycles. The van der Waals surface area contributed by atoms with Crippen LogP contribution in [0.1, 0.15) is 31.9 Å². The summed E-state index contributed by atoms with van der Waals surface area (Å²) < 4.78 is 20.3. The van der Waals surface area contributed by atoms with Crippen LogP contribution in [0.25, 0.3) is 23.2 Å². The van der Waals surface area contributed by atoms with Crippen LogP contribution in [0.5, 0.6) is 5.75 Å². The van der Waals surface area contributed by atoms with Gasteiger partial charge in [-0.25, -0.2) is 15.0 Å². The lowest BCUT2D eigenvalue weighted by Crippen LogP contribution is -2.41. The van der Waals surface area contributed by atoms with E-state index >= 15 is 0 Å². The number of aromatic nitrogens is 4. The van der Waals surface area contributed by atoms with Gasteiger partial charge in [-0.3, -0.25) is 4.90 Å². The first-order valence-corrected chi connectivity index (χ1v) is 14.7. The Morgan fingerprint density at radius 1 is 1.09 bits per heavy atom. The van der Waals surface area contributed by atoms with E-state index in [-0.39, 0.29) is 24.3 Å². The molecule has 3 aliphatic rings. The molecule has 222 valence electrons. The van der Waals surface area contributed by atoms with E-state index < -0.39 is 5.79 Å². The van der Waals surface area contributed by atoms with Crippen molar-refractivity contribution in [3.63, 3.8) is 0 Å². The van der Waals surface area contributed by atoms with E-state index in [4.69, 9.17) is 24.9 Å². The Bertz CT molecular complexity index is 1810. The maximum Gasteiger partial charge on any atom is 0.164 e. The number of nitrogens with zero attached hydrogens (tertiary/aromatic N) is 5. The minimum Gasteiger partial charge on any atom is -0.497 e. The van der Waals surface area contributed by atoms with Crippen LogP contribution in [0, 0.1) is 0 Å². The van der Waals surface area contributed by atoms with Crippen molar-refractivity contribution in [1.82, 2.24) is 24.4 Å². The van der Waals surface area contributed by atoms with Crippen molar-refractivity contribution in [3.05, 3.63) is 82.8 Å². The van der Waals surface area contributed by atoms with Crippen LogP contribution in [-0.4, -0.2) is 69.2 Å². The quantitative estimate of drug-likeness (QED) is 0.304. The number of hydrogen-bond donors (Lipinski definition) is 2. The fourth-order valence-corrected chi connectivity index (χ4v) is 6.38. The summed E-state index contributed by atoms with van der Waals surface area (Å²) in [5.74, 6) is 1.51. The molecule has 4 heterocycles. The second-order valence-corrected chi connectivity index (χ2v) is 11.9. The van der Waals surface area contributed by atoms with E-state index in [1.54, 1.807) is 7.11 Å². The molecule has 1 aromatic carbocycles. The maximum absolute atomic E-state index is 6.45. The standard InChI is InChI=1S/C33H37N7O3/c1-33(2)42-29-22(15-27(30(29)43-33)40-14-13-25-31(34)36-19-37-32(25)40)18-39(3)23-9-7-21-8-12-28(38-26(21)16-23)35-17-20-5-10-24(41-4)11-6-20/h5-8,10-16,19,23,27,29-30H,9,17-18H2,1-4H3,(H,35,38)(H2,34,36,37)/t23?,27-,29-,30+/m1/s1. The normalized spacial score (nSPS) is 23.8. The zero-order valence-electron chi connectivity index (χ0n) is 24.9. The molecule has 0 bridgehead atoms. The van der Waals surface area contributed by atoms with Crippen molar-refractivity contribution in [3.8, 4) is 5.75 Å². The highest BCUT2D eigenvalue weighted by Gasteiger charge is 2.51. The number of hydrogen-bond acceptors (Lipinski definition) is 9. The van der Waals surface area contributed by atoms with Crippen molar-refractivity contribution >= 4 is 34.8 Å². The topological polar surface area (TPSA) is 113 Å². The van der Waals surface area contributed by atoms with E-state index in [9.17, 15) is 0 Å². The van der Waals surface area contributed by atoms with E-state index in [1.807, 2.05) is 44.3 Å². The van der Waals surface area contributed by atoms with Crippen LogP contribution in [0.4, 0.5) is 11.6 Å². The number of methoxy groups -OCH3 is 1. The molecule has 0 saturated carbocycles. The summed E-state index contributed by atoms with van der Waals surface area (Å²) in [5, 5.41) is 6.46. The molecule has 2 aliphatic carbocycles. The van der Waals surface area contributed by atoms with Crippen molar-refractivity contribution < 1.29 is 14.2 Å². The van der Waals surface area contributed by atoms with Crippen molar-refractivity contribution in [2.75, 3.05) is 31.8 Å². The number of anilines is 2. The van der Waals surface area contributed by atoms with Gasteiger partial charge >= 0.3 is 0 Å². The average Bonchev–Trinajstić information content (AvgIpc) is 3.67. The molecule has 7 rings (SSSR count). The Balaban J connectivity index is 1.10. The minimum absolute atomic E-state index is 0.0643. The number of rotatable bonds is 8. The van der Waals surface area contributed by atoms with Gasteiger partial charge in [0.1, 0.15) is 41.6 Å². The Morgan fingerprint density at radius 2 is 1.93 bits per heavy atom. The van der Waals surface area contributed by atoms with Crippen LogP contribution in [0.3, 0.4) is 0 Å². The predicted molar refractivity (Wildman–Crippen MR) is 167 cm³/mol. The third kappa shape index (κ3) is 5.26. The van der Waals surface area contributed by atoms with Crippen LogP contribution >= 0.6 is 0 Å². The number of fused-ring (bicyclic) bond motifs is 3. The first-order chi connectivity index (χ1) is 20.8. The Labute approximate surface area is 250 Å². The van der Waals surface area contributed by atoms with Gasteiger partial charge in [-0.1, -0.05) is 24.3 Å². The van der Waals surface area contributed by atoms with Gasteiger partial charge in [-0.15, -0.1) is 0 Å². The largest absolute Gasteiger partial charge is 0.497 e. The summed E-state index contributed by atoms with van der Waals surface area (Å²) in [7, 11) is 3.84. The highest BCUT2D eigenvalue weighted by Crippen LogP contribution is 2.44. The number of benzene rings is 1.